The molecule has 0 spiro atoms. The van der Waals surface area contributed by atoms with Crippen LogP contribution in [0.1, 0.15) is 110 Å². The van der Waals surface area contributed by atoms with Crippen molar-refractivity contribution in [3.05, 3.63) is 0 Å². The van der Waals surface area contributed by atoms with Crippen LogP contribution in [0.4, 0.5) is 0 Å². The average Bonchev–Trinajstić information content (AvgIpc) is 2.56. The van der Waals surface area contributed by atoms with Gasteiger partial charge in [0.2, 0.25) is 0 Å². The van der Waals surface area contributed by atoms with Gasteiger partial charge in [-0.1, -0.05) is 90.4 Å². The second-order valence-corrected chi connectivity index (χ2v) is 6.71. The number of hydrogen-bond acceptors (Lipinski definition) is 3. The van der Waals surface area contributed by atoms with Gasteiger partial charge >= 0.3 is 115 Å². The molecule has 0 saturated carbocycles. The molecule has 0 unspecified atom stereocenters. The van der Waals surface area contributed by atoms with Crippen LogP contribution in [0, 0.1) is 0 Å². The fourth-order valence-corrected chi connectivity index (χ4v) is 2.76. The van der Waals surface area contributed by atoms with Crippen molar-refractivity contribution in [1.82, 2.24) is 0 Å². The van der Waals surface area contributed by atoms with Crippen LogP contribution in [0.2, 0.25) is 0 Å². The van der Waals surface area contributed by atoms with Crippen molar-refractivity contribution in [1.29, 1.82) is 0 Å². The number of unbranched alkanes of at least 4 members (excludes halogenated alkanes) is 13. The maximum atomic E-state index is 11.2. The number of hydrogen-bond donors (Lipinski definition) is 1. The van der Waals surface area contributed by atoms with E-state index in [9.17, 15) is 9.59 Å². The molecule has 0 aromatic carbocycles. The van der Waals surface area contributed by atoms with Crippen LogP contribution in [0.15, 0.2) is 0 Å². The molecule has 0 aliphatic carbocycles. The first-order valence-electron chi connectivity index (χ1n) is 10.0. The van der Waals surface area contributed by atoms with Crippen LogP contribution in [0.5, 0.6) is 0 Å². The number of carboxylic acid groups (broad SMARTS) is 1. The molecule has 0 amide bonds. The van der Waals surface area contributed by atoms with Crippen LogP contribution >= 0.6 is 0 Å². The predicted octanol–water partition coefficient (Wildman–Crippen LogP) is 4.58. The molecule has 0 saturated heterocycles. The van der Waals surface area contributed by atoms with Crippen molar-refractivity contribution < 1.29 is 19.4 Å². The fourth-order valence-electron chi connectivity index (χ4n) is 2.76. The minimum atomic E-state index is -0.955. The Bertz CT molecular complexity index is 312. The first kappa shape index (κ1) is 32.9. The Balaban J connectivity index is -0.00000264. The molecular formula is C20H40K2O4. The zero-order valence-corrected chi connectivity index (χ0v) is 15.7. The normalized spacial score (nSPS) is 9.88. The van der Waals surface area contributed by atoms with Gasteiger partial charge in [0.25, 0.3) is 0 Å². The van der Waals surface area contributed by atoms with Crippen LogP contribution in [-0.4, -0.2) is 126 Å². The first-order valence-corrected chi connectivity index (χ1v) is 10.0. The zero-order chi connectivity index (χ0) is 17.9. The number of aliphatic carboxylic acids is 1. The summed E-state index contributed by atoms with van der Waals surface area (Å²) >= 11 is 0. The van der Waals surface area contributed by atoms with E-state index < -0.39 is 11.9 Å². The van der Waals surface area contributed by atoms with Gasteiger partial charge in [0.15, 0.2) is 0 Å². The van der Waals surface area contributed by atoms with Crippen LogP contribution in [0.3, 0.4) is 0 Å². The molecular weight excluding hydrogens is 382 g/mol. The van der Waals surface area contributed by atoms with Gasteiger partial charge in [-0.25, -0.2) is 0 Å². The Morgan fingerprint density at radius 3 is 1.42 bits per heavy atom. The van der Waals surface area contributed by atoms with Gasteiger partial charge in [-0.2, -0.15) is 0 Å². The van der Waals surface area contributed by atoms with Crippen LogP contribution in [-0.2, 0) is 14.3 Å². The van der Waals surface area contributed by atoms with E-state index in [2.05, 4.69) is 6.92 Å². The second-order valence-electron chi connectivity index (χ2n) is 6.71. The third-order valence-corrected chi connectivity index (χ3v) is 4.30. The molecule has 0 aliphatic rings. The van der Waals surface area contributed by atoms with Crippen molar-refractivity contribution in [2.24, 2.45) is 0 Å². The van der Waals surface area contributed by atoms with E-state index >= 15 is 0 Å². The van der Waals surface area contributed by atoms with Crippen molar-refractivity contribution in [2.75, 3.05) is 6.61 Å². The van der Waals surface area contributed by atoms with E-state index in [4.69, 9.17) is 9.84 Å². The van der Waals surface area contributed by atoms with E-state index in [1.54, 1.807) is 0 Å². The summed E-state index contributed by atoms with van der Waals surface area (Å²) in [5.41, 5.74) is 0. The van der Waals surface area contributed by atoms with Crippen molar-refractivity contribution in [3.63, 3.8) is 0 Å². The number of ether oxygens (including phenoxy) is 1. The first-order chi connectivity index (χ1) is 11.7. The van der Waals surface area contributed by atoms with Gasteiger partial charge in [0.1, 0.15) is 0 Å². The molecule has 0 aromatic heterocycles. The SMILES string of the molecule is CCCCCCCCCCCCCCCCOC(=O)CCC(=O)O.[KH].[KH]. The molecule has 0 aromatic rings. The topological polar surface area (TPSA) is 63.6 Å². The summed E-state index contributed by atoms with van der Waals surface area (Å²) < 4.78 is 5.00. The minimum absolute atomic E-state index is 0. The number of rotatable bonds is 18. The van der Waals surface area contributed by atoms with E-state index in [0.717, 1.165) is 12.8 Å². The molecule has 26 heavy (non-hydrogen) atoms. The van der Waals surface area contributed by atoms with Gasteiger partial charge in [-0.15, -0.1) is 0 Å². The molecule has 0 atom stereocenters. The number of carbonyl (C=O) groups is 2. The molecule has 6 heteroatoms. The summed E-state index contributed by atoms with van der Waals surface area (Å²) in [7, 11) is 0. The summed E-state index contributed by atoms with van der Waals surface area (Å²) in [4.78, 5) is 21.5. The van der Waals surface area contributed by atoms with Gasteiger partial charge in [0, 0.05) is 0 Å². The standard InChI is InChI=1S/C20H38O4.2K.2H/c1-2-3-4-5-6-7-8-9-10-11-12-13-14-15-18-24-20(23)17-16-19(21)22;;;;/h2-18H2,1H3,(H,21,22);;;;. The molecule has 0 bridgehead atoms. The Hall–Kier alpha value is 2.21. The second kappa shape index (κ2) is 27.2. The van der Waals surface area contributed by atoms with E-state index in [-0.39, 0.29) is 116 Å². The van der Waals surface area contributed by atoms with E-state index in [0.29, 0.717) is 6.61 Å². The van der Waals surface area contributed by atoms with Crippen LogP contribution in [0.25, 0.3) is 0 Å². The summed E-state index contributed by atoms with van der Waals surface area (Å²) in [6.45, 7) is 2.69. The molecule has 0 fully saturated rings. The fraction of sp³-hybridized carbons (Fsp3) is 0.900. The number of carboxylic acids is 1. The van der Waals surface area contributed by atoms with Crippen molar-refractivity contribution in [3.8, 4) is 0 Å². The van der Waals surface area contributed by atoms with Gasteiger partial charge < -0.3 is 9.84 Å². The molecule has 4 nitrogen and oxygen atoms in total. The Morgan fingerprint density at radius 1 is 0.654 bits per heavy atom. The molecule has 0 rings (SSSR count). The van der Waals surface area contributed by atoms with Gasteiger partial charge in [-0.3, -0.25) is 9.59 Å². The summed E-state index contributed by atoms with van der Waals surface area (Å²) in [6.07, 6.45) is 18.0. The zero-order valence-electron chi connectivity index (χ0n) is 15.7. The van der Waals surface area contributed by atoms with Crippen molar-refractivity contribution >= 4 is 115 Å². The molecule has 0 heterocycles. The van der Waals surface area contributed by atoms with Gasteiger partial charge in [-0.05, 0) is 6.42 Å². The maximum absolute atomic E-state index is 11.2. The molecule has 146 valence electrons. The third-order valence-electron chi connectivity index (χ3n) is 4.30. The quantitative estimate of drug-likeness (QED) is 0.199. The van der Waals surface area contributed by atoms with Gasteiger partial charge in [0.05, 0.1) is 19.4 Å². The van der Waals surface area contributed by atoms with Crippen molar-refractivity contribution in [2.45, 2.75) is 110 Å². The summed E-state index contributed by atoms with van der Waals surface area (Å²) in [5, 5.41) is 8.46. The average molecular weight is 423 g/mol. The number of esters is 1. The van der Waals surface area contributed by atoms with E-state index in [1.165, 1.54) is 77.0 Å². The third kappa shape index (κ3) is 28.4. The monoisotopic (exact) mass is 422 g/mol. The molecule has 0 aliphatic heterocycles. The Labute approximate surface area is 246 Å². The molecule has 0 radical (unpaired) electrons. The Morgan fingerprint density at radius 2 is 1.04 bits per heavy atom. The summed E-state index contributed by atoms with van der Waals surface area (Å²) in [5.74, 6) is -1.35. The molecule has 1 N–H and O–H groups in total. The van der Waals surface area contributed by atoms with Crippen LogP contribution < -0.4 is 0 Å². The van der Waals surface area contributed by atoms with E-state index in [1.807, 2.05) is 0 Å². The number of carbonyl (C=O) groups excluding carboxylic acids is 1. The Kier molecular flexibility index (Phi) is 34.4. The predicted molar refractivity (Wildman–Crippen MR) is 112 cm³/mol. The summed E-state index contributed by atoms with van der Waals surface area (Å²) in [6, 6.07) is 0.